The average molecular weight is 793 g/mol. The van der Waals surface area contributed by atoms with Gasteiger partial charge in [0.05, 0.1) is 0 Å². The summed E-state index contributed by atoms with van der Waals surface area (Å²) in [6.07, 6.45) is 39.5. The molecule has 0 radical (unpaired) electrons. The van der Waals surface area contributed by atoms with Crippen LogP contribution < -0.4 is 0 Å². The quantitative estimate of drug-likeness (QED) is 0.0348. The van der Waals surface area contributed by atoms with Crippen molar-refractivity contribution >= 4 is 17.9 Å². The van der Waals surface area contributed by atoms with Crippen LogP contribution in [0.3, 0.4) is 0 Å². The van der Waals surface area contributed by atoms with E-state index in [1.807, 2.05) is 0 Å². The zero-order valence-corrected chi connectivity index (χ0v) is 38.4. The summed E-state index contributed by atoms with van der Waals surface area (Å²) in [4.78, 5) is 37.8. The lowest BCUT2D eigenvalue weighted by Gasteiger charge is -2.18. The van der Waals surface area contributed by atoms with Crippen LogP contribution >= 0.6 is 0 Å². The van der Waals surface area contributed by atoms with E-state index in [4.69, 9.17) is 14.2 Å². The molecule has 0 fully saturated rings. The van der Waals surface area contributed by atoms with Crippen molar-refractivity contribution in [1.29, 1.82) is 0 Å². The van der Waals surface area contributed by atoms with Gasteiger partial charge in [0.15, 0.2) is 6.10 Å². The van der Waals surface area contributed by atoms with E-state index in [1.165, 1.54) is 148 Å². The van der Waals surface area contributed by atoms with E-state index in [2.05, 4.69) is 41.5 Å². The number of hydrogen-bond donors (Lipinski definition) is 0. The van der Waals surface area contributed by atoms with E-state index in [0.717, 1.165) is 75.5 Å². The highest BCUT2D eigenvalue weighted by Crippen LogP contribution is 2.18. The monoisotopic (exact) mass is 793 g/mol. The smallest absolute Gasteiger partial charge is 0.306 e. The molecule has 0 N–H and O–H groups in total. The number of rotatable bonds is 43. The maximum atomic E-state index is 12.7. The largest absolute Gasteiger partial charge is 0.462 e. The molecule has 6 nitrogen and oxygen atoms in total. The molecule has 6 heteroatoms. The van der Waals surface area contributed by atoms with E-state index in [0.29, 0.717) is 19.3 Å². The lowest BCUT2D eigenvalue weighted by molar-refractivity contribution is -0.167. The van der Waals surface area contributed by atoms with Crippen molar-refractivity contribution in [3.05, 3.63) is 0 Å². The summed E-state index contributed by atoms with van der Waals surface area (Å²) in [6.45, 7) is 13.7. The Hall–Kier alpha value is -1.59. The summed E-state index contributed by atoms with van der Waals surface area (Å²) in [6, 6.07) is 0. The molecule has 0 aromatic carbocycles. The van der Waals surface area contributed by atoms with Gasteiger partial charge in [-0.15, -0.1) is 0 Å². The first kappa shape index (κ1) is 54.4. The van der Waals surface area contributed by atoms with E-state index < -0.39 is 6.10 Å². The van der Waals surface area contributed by atoms with Crippen LogP contribution in [0, 0.1) is 17.8 Å². The first-order valence-corrected chi connectivity index (χ1v) is 24.6. The van der Waals surface area contributed by atoms with Crippen LogP contribution in [-0.4, -0.2) is 37.2 Å². The van der Waals surface area contributed by atoms with Gasteiger partial charge in [0, 0.05) is 19.3 Å². The Morgan fingerprint density at radius 2 is 0.625 bits per heavy atom. The summed E-state index contributed by atoms with van der Waals surface area (Å²) >= 11 is 0. The van der Waals surface area contributed by atoms with E-state index in [9.17, 15) is 14.4 Å². The normalized spacial score (nSPS) is 12.6. The van der Waals surface area contributed by atoms with Gasteiger partial charge >= 0.3 is 17.9 Å². The predicted octanol–water partition coefficient (Wildman–Crippen LogP) is 15.6. The second-order valence-corrected chi connectivity index (χ2v) is 18.3. The van der Waals surface area contributed by atoms with Crippen LogP contribution in [0.4, 0.5) is 0 Å². The minimum atomic E-state index is -0.763. The van der Waals surface area contributed by atoms with Crippen molar-refractivity contribution in [2.75, 3.05) is 13.2 Å². The highest BCUT2D eigenvalue weighted by atomic mass is 16.6. The maximum absolute atomic E-state index is 12.7. The van der Waals surface area contributed by atoms with Gasteiger partial charge in [-0.2, -0.15) is 0 Å². The van der Waals surface area contributed by atoms with Crippen molar-refractivity contribution in [3.8, 4) is 0 Å². The molecule has 0 saturated heterocycles. The molecular formula is C50H96O6. The van der Waals surface area contributed by atoms with E-state index in [-0.39, 0.29) is 31.1 Å². The molecule has 2 atom stereocenters. The number of hydrogen-bond acceptors (Lipinski definition) is 6. The Morgan fingerprint density at radius 3 is 0.929 bits per heavy atom. The highest BCUT2D eigenvalue weighted by molar-refractivity contribution is 5.71. The molecule has 0 amide bonds. The molecule has 0 aromatic heterocycles. The Balaban J connectivity index is 4.31. The minimum absolute atomic E-state index is 0.0660. The summed E-state index contributed by atoms with van der Waals surface area (Å²) in [5.74, 6) is 1.60. The van der Waals surface area contributed by atoms with Crippen molar-refractivity contribution < 1.29 is 28.6 Å². The predicted molar refractivity (Wildman–Crippen MR) is 238 cm³/mol. The van der Waals surface area contributed by atoms with Crippen LogP contribution in [0.25, 0.3) is 0 Å². The molecule has 0 spiro atoms. The van der Waals surface area contributed by atoms with Gasteiger partial charge in [-0.05, 0) is 37.0 Å². The molecule has 56 heavy (non-hydrogen) atoms. The third-order valence-corrected chi connectivity index (χ3v) is 11.5. The molecule has 0 aliphatic heterocycles. The Morgan fingerprint density at radius 1 is 0.357 bits per heavy atom. The molecular weight excluding hydrogens is 697 g/mol. The summed E-state index contributed by atoms with van der Waals surface area (Å²) in [7, 11) is 0. The maximum Gasteiger partial charge on any atom is 0.306 e. The zero-order chi connectivity index (χ0) is 41.3. The third-order valence-electron chi connectivity index (χ3n) is 11.5. The van der Waals surface area contributed by atoms with Gasteiger partial charge in [-0.25, -0.2) is 0 Å². The summed E-state index contributed by atoms with van der Waals surface area (Å²) in [5.41, 5.74) is 0. The number of carbonyl (C=O) groups excluding carboxylic acids is 3. The van der Waals surface area contributed by atoms with E-state index >= 15 is 0 Å². The molecule has 0 saturated carbocycles. The second-order valence-electron chi connectivity index (χ2n) is 18.3. The fraction of sp³-hybridized carbons (Fsp3) is 0.940. The van der Waals surface area contributed by atoms with Crippen LogP contribution in [0.1, 0.15) is 266 Å². The average Bonchev–Trinajstić information content (AvgIpc) is 3.16. The Bertz CT molecular complexity index is 870. The standard InChI is InChI=1S/C50H96O6/c1-7-46(6)38-32-26-22-23-29-35-41-50(53)56-47(43-55-49(52)40-34-28-21-17-13-12-15-19-25-31-37-45(4)5)42-54-48(51)39-33-27-20-16-11-9-8-10-14-18-24-30-36-44(2)3/h44-47H,7-43H2,1-6H3/t46?,47-/m1/s1. The highest BCUT2D eigenvalue weighted by Gasteiger charge is 2.19. The summed E-state index contributed by atoms with van der Waals surface area (Å²) in [5, 5.41) is 0. The van der Waals surface area contributed by atoms with Crippen molar-refractivity contribution in [2.24, 2.45) is 17.8 Å². The van der Waals surface area contributed by atoms with Gasteiger partial charge in [0.2, 0.25) is 0 Å². The number of esters is 3. The first-order valence-electron chi connectivity index (χ1n) is 24.6. The SMILES string of the molecule is CCC(C)CCCCCCCCC(=O)O[C@H](COC(=O)CCCCCCCCCCCCCCC(C)C)COC(=O)CCCCCCCCCCCCC(C)C. The van der Waals surface area contributed by atoms with Gasteiger partial charge in [0.1, 0.15) is 13.2 Å². The lowest BCUT2D eigenvalue weighted by atomic mass is 10.00. The first-order chi connectivity index (χ1) is 27.1. The zero-order valence-electron chi connectivity index (χ0n) is 38.4. The van der Waals surface area contributed by atoms with E-state index in [1.54, 1.807) is 0 Å². The Labute approximate surface area is 348 Å². The molecule has 332 valence electrons. The number of ether oxygens (including phenoxy) is 3. The van der Waals surface area contributed by atoms with Crippen LogP contribution in [-0.2, 0) is 28.6 Å². The van der Waals surface area contributed by atoms with Crippen molar-refractivity contribution in [1.82, 2.24) is 0 Å². The second kappa shape index (κ2) is 41.6. The van der Waals surface area contributed by atoms with Gasteiger partial charge < -0.3 is 14.2 Å². The molecule has 0 aromatic rings. The molecule has 0 aliphatic carbocycles. The van der Waals surface area contributed by atoms with Crippen molar-refractivity contribution in [3.63, 3.8) is 0 Å². The number of carbonyl (C=O) groups is 3. The van der Waals surface area contributed by atoms with Gasteiger partial charge in [-0.3, -0.25) is 14.4 Å². The Kier molecular flexibility index (Phi) is 40.4. The topological polar surface area (TPSA) is 78.9 Å². The number of unbranched alkanes of at least 4 members (excludes halogenated alkanes) is 25. The molecule has 0 heterocycles. The lowest BCUT2D eigenvalue weighted by Crippen LogP contribution is -2.30. The van der Waals surface area contributed by atoms with Crippen molar-refractivity contribution in [2.45, 2.75) is 272 Å². The third kappa shape index (κ3) is 42.0. The summed E-state index contributed by atoms with van der Waals surface area (Å²) < 4.78 is 16.8. The van der Waals surface area contributed by atoms with Gasteiger partial charge in [-0.1, -0.05) is 228 Å². The van der Waals surface area contributed by atoms with Crippen LogP contribution in [0.2, 0.25) is 0 Å². The fourth-order valence-corrected chi connectivity index (χ4v) is 7.38. The molecule has 0 bridgehead atoms. The van der Waals surface area contributed by atoms with Crippen LogP contribution in [0.15, 0.2) is 0 Å². The fourth-order valence-electron chi connectivity index (χ4n) is 7.38. The van der Waals surface area contributed by atoms with Crippen LogP contribution in [0.5, 0.6) is 0 Å². The minimum Gasteiger partial charge on any atom is -0.462 e. The molecule has 1 unspecified atom stereocenters. The molecule has 0 aliphatic rings. The van der Waals surface area contributed by atoms with Gasteiger partial charge in [0.25, 0.3) is 0 Å². The molecule has 0 rings (SSSR count).